The molecule has 0 aromatic carbocycles. The molecule has 0 amide bonds. The molecular weight excluding hydrogens is 236 g/mol. The molecule has 112 valence electrons. The van der Waals surface area contributed by atoms with Crippen LogP contribution in [0.25, 0.3) is 0 Å². The fourth-order valence-corrected chi connectivity index (χ4v) is 3.31. The number of rotatable bonds is 9. The van der Waals surface area contributed by atoms with Crippen molar-refractivity contribution in [2.45, 2.75) is 46.0 Å². The normalized spacial score (nSPS) is 27.9. The van der Waals surface area contributed by atoms with Gasteiger partial charge >= 0.3 is 0 Å². The Morgan fingerprint density at radius 3 is 2.74 bits per heavy atom. The van der Waals surface area contributed by atoms with Crippen LogP contribution in [-0.4, -0.2) is 50.8 Å². The molecular formula is C16H32N2O. The van der Waals surface area contributed by atoms with Crippen molar-refractivity contribution in [3.8, 4) is 0 Å². The highest BCUT2D eigenvalue weighted by Gasteiger charge is 2.35. The van der Waals surface area contributed by atoms with Crippen LogP contribution in [0.2, 0.25) is 0 Å². The van der Waals surface area contributed by atoms with Gasteiger partial charge < -0.3 is 15.0 Å². The number of hydrogen-bond donors (Lipinski definition) is 1. The monoisotopic (exact) mass is 268 g/mol. The first kappa shape index (κ1) is 15.3. The summed E-state index contributed by atoms with van der Waals surface area (Å²) in [6.07, 6.45) is 6.73. The first-order valence-electron chi connectivity index (χ1n) is 8.29. The summed E-state index contributed by atoms with van der Waals surface area (Å²) in [5, 5.41) is 3.57. The average molecular weight is 268 g/mol. The van der Waals surface area contributed by atoms with Gasteiger partial charge in [0.2, 0.25) is 0 Å². The summed E-state index contributed by atoms with van der Waals surface area (Å²) in [5.41, 5.74) is 0.359. The summed E-state index contributed by atoms with van der Waals surface area (Å²) in [4.78, 5) is 2.71. The summed E-state index contributed by atoms with van der Waals surface area (Å²) in [7, 11) is 0. The van der Waals surface area contributed by atoms with E-state index in [0.717, 1.165) is 32.2 Å². The van der Waals surface area contributed by atoms with E-state index in [1.165, 1.54) is 51.7 Å². The summed E-state index contributed by atoms with van der Waals surface area (Å²) in [6, 6.07) is 0. The fourth-order valence-electron chi connectivity index (χ4n) is 3.31. The molecule has 1 N–H and O–H groups in total. The van der Waals surface area contributed by atoms with Crippen LogP contribution < -0.4 is 5.32 Å². The Balaban J connectivity index is 1.90. The van der Waals surface area contributed by atoms with E-state index in [1.807, 2.05) is 0 Å². The molecule has 3 nitrogen and oxygen atoms in total. The van der Waals surface area contributed by atoms with Crippen LogP contribution in [0.15, 0.2) is 0 Å². The molecule has 1 aliphatic carbocycles. The molecule has 19 heavy (non-hydrogen) atoms. The molecule has 0 aromatic heterocycles. The quantitative estimate of drug-likeness (QED) is 0.695. The Labute approximate surface area is 119 Å². The number of hydrogen-bond acceptors (Lipinski definition) is 3. The second kappa shape index (κ2) is 7.61. The van der Waals surface area contributed by atoms with E-state index in [0.29, 0.717) is 5.41 Å². The van der Waals surface area contributed by atoms with E-state index < -0.39 is 0 Å². The summed E-state index contributed by atoms with van der Waals surface area (Å²) in [6.45, 7) is 12.4. The predicted octanol–water partition coefficient (Wildman–Crippen LogP) is 2.51. The second-order valence-electron chi connectivity index (χ2n) is 6.61. The Hall–Kier alpha value is -0.120. The van der Waals surface area contributed by atoms with Gasteiger partial charge in [0.05, 0.1) is 6.61 Å². The average Bonchev–Trinajstić information content (AvgIpc) is 3.22. The summed E-state index contributed by atoms with van der Waals surface area (Å²) in [5.74, 6) is 0.993. The topological polar surface area (TPSA) is 24.5 Å². The third-order valence-electron chi connectivity index (χ3n) is 4.47. The van der Waals surface area contributed by atoms with Gasteiger partial charge in [-0.1, -0.05) is 13.8 Å². The van der Waals surface area contributed by atoms with Gasteiger partial charge in [-0.15, -0.1) is 0 Å². The third-order valence-corrected chi connectivity index (χ3v) is 4.47. The van der Waals surface area contributed by atoms with Crippen LogP contribution in [-0.2, 0) is 4.74 Å². The molecule has 0 radical (unpaired) electrons. The zero-order chi connectivity index (χ0) is 13.6. The first-order chi connectivity index (χ1) is 9.28. The smallest absolute Gasteiger partial charge is 0.0546 e. The van der Waals surface area contributed by atoms with Gasteiger partial charge in [0.25, 0.3) is 0 Å². The van der Waals surface area contributed by atoms with Crippen LogP contribution in [0.3, 0.4) is 0 Å². The Morgan fingerprint density at radius 2 is 2.16 bits per heavy atom. The van der Waals surface area contributed by atoms with Crippen LogP contribution in [0, 0.1) is 11.3 Å². The Morgan fingerprint density at radius 1 is 1.32 bits per heavy atom. The molecule has 3 heteroatoms. The minimum Gasteiger partial charge on any atom is -0.381 e. The third kappa shape index (κ3) is 5.05. The van der Waals surface area contributed by atoms with E-state index in [4.69, 9.17) is 4.74 Å². The van der Waals surface area contributed by atoms with Crippen molar-refractivity contribution in [1.29, 1.82) is 0 Å². The second-order valence-corrected chi connectivity index (χ2v) is 6.61. The van der Waals surface area contributed by atoms with Crippen molar-refractivity contribution in [3.63, 3.8) is 0 Å². The molecule has 1 saturated heterocycles. The molecule has 0 spiro atoms. The minimum absolute atomic E-state index is 0.359. The number of nitrogens with zero attached hydrogens (tertiary/aromatic N) is 1. The maximum atomic E-state index is 5.82. The first-order valence-corrected chi connectivity index (χ1v) is 8.29. The molecule has 1 aliphatic heterocycles. The van der Waals surface area contributed by atoms with Gasteiger partial charge in [0.15, 0.2) is 0 Å². The maximum absolute atomic E-state index is 5.82. The van der Waals surface area contributed by atoms with Crippen LogP contribution in [0.1, 0.15) is 46.0 Å². The van der Waals surface area contributed by atoms with Gasteiger partial charge in [-0.2, -0.15) is 0 Å². The van der Waals surface area contributed by atoms with E-state index >= 15 is 0 Å². The molecule has 1 saturated carbocycles. The highest BCUT2D eigenvalue weighted by molar-refractivity contribution is 4.89. The highest BCUT2D eigenvalue weighted by Crippen LogP contribution is 2.33. The van der Waals surface area contributed by atoms with Gasteiger partial charge in [-0.25, -0.2) is 0 Å². The lowest BCUT2D eigenvalue weighted by Crippen LogP contribution is -2.49. The summed E-state index contributed by atoms with van der Waals surface area (Å²) < 4.78 is 5.82. The molecule has 2 fully saturated rings. The largest absolute Gasteiger partial charge is 0.381 e. The molecule has 0 bridgehead atoms. The SMILES string of the molecule is CCCN(CC1CC1)CC1(CNCC)CCCOC1. The molecule has 1 heterocycles. The number of ether oxygens (including phenoxy) is 1. The van der Waals surface area contributed by atoms with E-state index in [1.54, 1.807) is 0 Å². The Bertz CT molecular complexity index is 247. The van der Waals surface area contributed by atoms with Gasteiger partial charge in [0.1, 0.15) is 0 Å². The van der Waals surface area contributed by atoms with Crippen molar-refractivity contribution < 1.29 is 4.74 Å². The van der Waals surface area contributed by atoms with E-state index in [-0.39, 0.29) is 0 Å². The van der Waals surface area contributed by atoms with E-state index in [2.05, 4.69) is 24.1 Å². The molecule has 2 aliphatic rings. The molecule has 2 rings (SSSR count). The van der Waals surface area contributed by atoms with E-state index in [9.17, 15) is 0 Å². The molecule has 0 aromatic rings. The standard InChI is InChI=1S/C16H32N2O/c1-3-9-18(11-15-6-7-15)13-16(12-17-4-2)8-5-10-19-14-16/h15,17H,3-14H2,1-2H3. The Kier molecular flexibility index (Phi) is 6.11. The lowest BCUT2D eigenvalue weighted by Gasteiger charge is -2.41. The zero-order valence-corrected chi connectivity index (χ0v) is 12.9. The lowest BCUT2D eigenvalue weighted by atomic mass is 9.81. The molecule has 1 atom stereocenters. The molecule has 1 unspecified atom stereocenters. The van der Waals surface area contributed by atoms with Crippen LogP contribution in [0.5, 0.6) is 0 Å². The van der Waals surface area contributed by atoms with Gasteiger partial charge in [-0.3, -0.25) is 0 Å². The summed E-state index contributed by atoms with van der Waals surface area (Å²) >= 11 is 0. The van der Waals surface area contributed by atoms with Crippen LogP contribution >= 0.6 is 0 Å². The van der Waals surface area contributed by atoms with Crippen LogP contribution in [0.4, 0.5) is 0 Å². The zero-order valence-electron chi connectivity index (χ0n) is 12.9. The fraction of sp³-hybridized carbons (Fsp3) is 1.00. The minimum atomic E-state index is 0.359. The van der Waals surface area contributed by atoms with Crippen molar-refractivity contribution in [3.05, 3.63) is 0 Å². The maximum Gasteiger partial charge on any atom is 0.0546 e. The van der Waals surface area contributed by atoms with Gasteiger partial charge in [0, 0.05) is 31.7 Å². The van der Waals surface area contributed by atoms with Crippen molar-refractivity contribution >= 4 is 0 Å². The lowest BCUT2D eigenvalue weighted by molar-refractivity contribution is -0.0266. The van der Waals surface area contributed by atoms with Crippen molar-refractivity contribution in [1.82, 2.24) is 10.2 Å². The number of nitrogens with one attached hydrogen (secondary N) is 1. The van der Waals surface area contributed by atoms with Crippen molar-refractivity contribution in [2.24, 2.45) is 11.3 Å². The van der Waals surface area contributed by atoms with Gasteiger partial charge in [-0.05, 0) is 51.1 Å². The highest BCUT2D eigenvalue weighted by atomic mass is 16.5. The predicted molar refractivity (Wildman–Crippen MR) is 80.5 cm³/mol. The van der Waals surface area contributed by atoms with Crippen molar-refractivity contribution in [2.75, 3.05) is 45.9 Å².